The van der Waals surface area contributed by atoms with Gasteiger partial charge in [0.25, 0.3) is 0 Å². The van der Waals surface area contributed by atoms with Gasteiger partial charge in [-0.05, 0) is 48.5 Å². The third-order valence-electron chi connectivity index (χ3n) is 8.47. The first-order valence-corrected chi connectivity index (χ1v) is 13.5. The fourth-order valence-electron chi connectivity index (χ4n) is 6.84. The summed E-state index contributed by atoms with van der Waals surface area (Å²) in [6.07, 6.45) is 4.59. The van der Waals surface area contributed by atoms with Crippen molar-refractivity contribution in [1.82, 2.24) is 9.13 Å². The van der Waals surface area contributed by atoms with Crippen molar-refractivity contribution in [2.75, 3.05) is 0 Å². The smallest absolute Gasteiger partial charge is 0.137 e. The van der Waals surface area contributed by atoms with Crippen LogP contribution in [0.25, 0.3) is 50.2 Å². The van der Waals surface area contributed by atoms with Crippen molar-refractivity contribution in [2.24, 2.45) is 0 Å². The molecule has 9 rings (SSSR count). The van der Waals surface area contributed by atoms with Crippen LogP contribution in [0.5, 0.6) is 5.75 Å². The van der Waals surface area contributed by atoms with E-state index in [-0.39, 0.29) is 12.0 Å². The van der Waals surface area contributed by atoms with Gasteiger partial charge in [-0.3, -0.25) is 0 Å². The highest BCUT2D eigenvalue weighted by Gasteiger charge is 2.40. The minimum absolute atomic E-state index is 0.0576. The van der Waals surface area contributed by atoms with Crippen LogP contribution in [0.3, 0.4) is 0 Å². The van der Waals surface area contributed by atoms with Crippen molar-refractivity contribution >= 4 is 38.8 Å². The molecule has 2 aliphatic rings. The highest BCUT2D eigenvalue weighted by molar-refractivity contribution is 6.10. The van der Waals surface area contributed by atoms with Crippen molar-refractivity contribution in [3.8, 4) is 17.1 Å². The predicted molar refractivity (Wildman–Crippen MR) is 159 cm³/mol. The van der Waals surface area contributed by atoms with Gasteiger partial charge in [-0.15, -0.1) is 0 Å². The second kappa shape index (κ2) is 7.75. The molecule has 1 aliphatic heterocycles. The molecule has 1 aliphatic carbocycles. The summed E-state index contributed by atoms with van der Waals surface area (Å²) in [5.74, 6) is 1.15. The zero-order valence-corrected chi connectivity index (χ0v) is 21.2. The lowest BCUT2D eigenvalue weighted by molar-refractivity contribution is 0.225. The Morgan fingerprint density at radius 2 is 1.15 bits per heavy atom. The minimum Gasteiger partial charge on any atom is -0.484 e. The summed E-state index contributed by atoms with van der Waals surface area (Å²) in [5, 5.41) is 3.79. The van der Waals surface area contributed by atoms with E-state index >= 15 is 0 Å². The molecule has 7 aromatic rings. The summed E-state index contributed by atoms with van der Waals surface area (Å²) in [6, 6.07) is 43.3. The van der Waals surface area contributed by atoms with Gasteiger partial charge in [0.2, 0.25) is 0 Å². The van der Waals surface area contributed by atoms with E-state index in [0.717, 1.165) is 11.4 Å². The van der Waals surface area contributed by atoms with Gasteiger partial charge < -0.3 is 13.9 Å². The van der Waals surface area contributed by atoms with Crippen molar-refractivity contribution in [3.63, 3.8) is 0 Å². The average molecular weight is 501 g/mol. The van der Waals surface area contributed by atoms with Crippen LogP contribution in [0.2, 0.25) is 0 Å². The Morgan fingerprint density at radius 1 is 0.538 bits per heavy atom. The first kappa shape index (κ1) is 21.0. The first-order valence-electron chi connectivity index (χ1n) is 13.5. The van der Waals surface area contributed by atoms with Gasteiger partial charge in [0.05, 0.1) is 22.2 Å². The third kappa shape index (κ3) is 2.82. The molecule has 0 saturated heterocycles. The monoisotopic (exact) mass is 500 g/mol. The summed E-state index contributed by atoms with van der Waals surface area (Å²) in [4.78, 5) is 0. The largest absolute Gasteiger partial charge is 0.484 e. The molecule has 184 valence electrons. The average Bonchev–Trinajstić information content (AvgIpc) is 3.64. The van der Waals surface area contributed by atoms with Crippen LogP contribution in [-0.2, 0) is 0 Å². The van der Waals surface area contributed by atoms with Crippen LogP contribution in [0.15, 0.2) is 127 Å². The number of ether oxygens (including phenoxy) is 1. The minimum atomic E-state index is -0.0576. The maximum atomic E-state index is 6.91. The number of fused-ring (bicyclic) bond motifs is 10. The molecule has 3 nitrogen and oxygen atoms in total. The van der Waals surface area contributed by atoms with E-state index in [1.165, 1.54) is 55.2 Å². The molecule has 39 heavy (non-hydrogen) atoms. The van der Waals surface area contributed by atoms with Gasteiger partial charge in [0, 0.05) is 50.6 Å². The fourth-order valence-corrected chi connectivity index (χ4v) is 6.84. The van der Waals surface area contributed by atoms with Gasteiger partial charge in [-0.1, -0.05) is 78.9 Å². The highest BCUT2D eigenvalue weighted by atomic mass is 16.5. The molecule has 0 N–H and O–H groups in total. The van der Waals surface area contributed by atoms with Crippen LogP contribution in [0.1, 0.15) is 28.8 Å². The summed E-state index contributed by atoms with van der Waals surface area (Å²) in [6.45, 7) is 0. The zero-order valence-electron chi connectivity index (χ0n) is 21.2. The SMILES string of the molecule is C1=CC2c3cc4c5ccccc5n(-c5ccccc5)c4cc3OC2c2c1n(-c1ccccc1)c1ccccc21. The van der Waals surface area contributed by atoms with Gasteiger partial charge >= 0.3 is 0 Å². The molecule has 2 atom stereocenters. The van der Waals surface area contributed by atoms with Gasteiger partial charge in [0.15, 0.2) is 0 Å². The topological polar surface area (TPSA) is 19.1 Å². The Hall–Kier alpha value is -5.02. The van der Waals surface area contributed by atoms with Crippen LogP contribution in [0.4, 0.5) is 0 Å². The Kier molecular flexibility index (Phi) is 4.17. The standard InChI is InChI=1S/C36H24N2O/c1-3-11-23(12-4-1)37-31-18-10-8-16-27(31)35-32(37)20-19-26-29-21-28-25-15-7-9-17-30(25)38(24-13-5-2-6-14-24)33(28)22-34(29)39-36(26)35/h1-22,26,36H. The lowest BCUT2D eigenvalue weighted by atomic mass is 9.85. The fraction of sp³-hybridized carbons (Fsp3) is 0.0556. The molecule has 0 spiro atoms. The molecule has 3 heteroatoms. The highest BCUT2D eigenvalue weighted by Crippen LogP contribution is 2.54. The van der Waals surface area contributed by atoms with Crippen molar-refractivity contribution in [3.05, 3.63) is 144 Å². The number of aromatic nitrogens is 2. The van der Waals surface area contributed by atoms with Gasteiger partial charge in [-0.2, -0.15) is 0 Å². The zero-order chi connectivity index (χ0) is 25.5. The summed E-state index contributed by atoms with van der Waals surface area (Å²) < 4.78 is 11.6. The van der Waals surface area contributed by atoms with E-state index in [9.17, 15) is 0 Å². The number of hydrogen-bond donors (Lipinski definition) is 0. The third-order valence-corrected chi connectivity index (χ3v) is 8.47. The summed E-state index contributed by atoms with van der Waals surface area (Å²) >= 11 is 0. The van der Waals surface area contributed by atoms with E-state index < -0.39 is 0 Å². The second-order valence-electron chi connectivity index (χ2n) is 10.5. The number of benzene rings is 5. The molecule has 0 radical (unpaired) electrons. The molecular weight excluding hydrogens is 476 g/mol. The molecule has 2 aromatic heterocycles. The summed E-state index contributed by atoms with van der Waals surface area (Å²) in [7, 11) is 0. The lowest BCUT2D eigenvalue weighted by Crippen LogP contribution is -2.13. The number of para-hydroxylation sites is 4. The first-order chi connectivity index (χ1) is 19.4. The van der Waals surface area contributed by atoms with Crippen molar-refractivity contribution < 1.29 is 4.74 Å². The van der Waals surface area contributed by atoms with Crippen LogP contribution in [-0.4, -0.2) is 9.13 Å². The molecule has 0 fully saturated rings. The molecule has 3 heterocycles. The van der Waals surface area contributed by atoms with Crippen LogP contribution in [0, 0.1) is 0 Å². The van der Waals surface area contributed by atoms with E-state index in [1.54, 1.807) is 0 Å². The van der Waals surface area contributed by atoms with E-state index in [4.69, 9.17) is 4.74 Å². The number of nitrogens with zero attached hydrogens (tertiary/aromatic N) is 2. The number of hydrogen-bond acceptors (Lipinski definition) is 1. The van der Waals surface area contributed by atoms with Gasteiger partial charge in [0.1, 0.15) is 11.9 Å². The van der Waals surface area contributed by atoms with Crippen LogP contribution < -0.4 is 4.74 Å². The van der Waals surface area contributed by atoms with E-state index in [0.29, 0.717) is 0 Å². The Morgan fingerprint density at radius 3 is 1.90 bits per heavy atom. The molecule has 0 bridgehead atoms. The van der Waals surface area contributed by atoms with E-state index in [1.807, 2.05) is 0 Å². The summed E-state index contributed by atoms with van der Waals surface area (Å²) in [5.41, 5.74) is 9.68. The predicted octanol–water partition coefficient (Wildman–Crippen LogP) is 8.97. The number of rotatable bonds is 2. The Labute approximate surface area is 225 Å². The molecule has 5 aromatic carbocycles. The van der Waals surface area contributed by atoms with Crippen molar-refractivity contribution in [2.45, 2.75) is 12.0 Å². The van der Waals surface area contributed by atoms with Crippen LogP contribution >= 0.6 is 0 Å². The quantitative estimate of drug-likeness (QED) is 0.232. The second-order valence-corrected chi connectivity index (χ2v) is 10.5. The van der Waals surface area contributed by atoms with Crippen molar-refractivity contribution in [1.29, 1.82) is 0 Å². The van der Waals surface area contributed by atoms with E-state index in [2.05, 4.69) is 143 Å². The maximum Gasteiger partial charge on any atom is 0.137 e. The molecule has 0 amide bonds. The normalized spacial score (nSPS) is 17.3. The molecular formula is C36H24N2O. The lowest BCUT2D eigenvalue weighted by Gasteiger charge is -2.22. The molecule has 0 saturated carbocycles. The van der Waals surface area contributed by atoms with Gasteiger partial charge in [-0.25, -0.2) is 0 Å². The Bertz CT molecular complexity index is 2100. The molecule has 2 unspecified atom stereocenters. The maximum absolute atomic E-state index is 6.91. The Balaban J connectivity index is 1.28.